The predicted octanol–water partition coefficient (Wildman–Crippen LogP) is 2.31. The van der Waals surface area contributed by atoms with Gasteiger partial charge in [-0.3, -0.25) is 19.8 Å². The van der Waals surface area contributed by atoms with E-state index in [0.29, 0.717) is 44.0 Å². The van der Waals surface area contributed by atoms with Gasteiger partial charge in [-0.1, -0.05) is 18.2 Å². The Hall–Kier alpha value is -2.82. The van der Waals surface area contributed by atoms with Crippen molar-refractivity contribution in [1.82, 2.24) is 9.21 Å². The lowest BCUT2D eigenvalue weighted by molar-refractivity contribution is -0.384. The summed E-state index contributed by atoms with van der Waals surface area (Å²) in [6, 6.07) is 13.0. The molecule has 2 aromatic rings. The van der Waals surface area contributed by atoms with E-state index in [-0.39, 0.29) is 17.3 Å². The van der Waals surface area contributed by atoms with Crippen LogP contribution in [0.5, 0.6) is 0 Å². The molecule has 1 fully saturated rings. The highest BCUT2D eigenvalue weighted by molar-refractivity contribution is 7.89. The van der Waals surface area contributed by atoms with Gasteiger partial charge in [0.15, 0.2) is 0 Å². The maximum Gasteiger partial charge on any atom is 0.271 e. The Labute approximate surface area is 175 Å². The third-order valence-electron chi connectivity index (χ3n) is 5.00. The minimum absolute atomic E-state index is 0.0919. The average molecular weight is 433 g/mol. The topological polar surface area (TPSA) is 113 Å². The molecule has 2 aromatic carbocycles. The molecule has 160 valence electrons. The van der Waals surface area contributed by atoms with Crippen molar-refractivity contribution in [3.8, 4) is 0 Å². The fourth-order valence-electron chi connectivity index (χ4n) is 3.32. The van der Waals surface area contributed by atoms with Crippen molar-refractivity contribution in [3.63, 3.8) is 0 Å². The number of nitro groups is 1. The summed E-state index contributed by atoms with van der Waals surface area (Å²) in [4.78, 5) is 25.1. The fourth-order valence-corrected chi connectivity index (χ4v) is 4.40. The van der Waals surface area contributed by atoms with Crippen LogP contribution in [-0.4, -0.2) is 60.4 Å². The minimum Gasteiger partial charge on any atom is -0.322 e. The molecular formula is C20H24N4O5S. The lowest BCUT2D eigenvalue weighted by atomic mass is 10.1. The molecule has 0 aliphatic carbocycles. The van der Waals surface area contributed by atoms with Crippen molar-refractivity contribution >= 4 is 27.3 Å². The lowest BCUT2D eigenvalue weighted by Gasteiger charge is -2.33. The lowest BCUT2D eigenvalue weighted by Crippen LogP contribution is -2.48. The Bertz CT molecular complexity index is 1030. The molecule has 1 N–H and O–H groups in total. The van der Waals surface area contributed by atoms with Crippen molar-refractivity contribution < 1.29 is 18.1 Å². The molecule has 1 aliphatic rings. The quantitative estimate of drug-likeness (QED) is 0.531. The van der Waals surface area contributed by atoms with E-state index < -0.39 is 14.9 Å². The van der Waals surface area contributed by atoms with E-state index in [2.05, 4.69) is 10.2 Å². The van der Waals surface area contributed by atoms with Gasteiger partial charge in [-0.2, -0.15) is 4.31 Å². The normalized spacial score (nSPS) is 15.6. The number of rotatable bonds is 7. The van der Waals surface area contributed by atoms with E-state index in [1.54, 1.807) is 31.2 Å². The first-order valence-corrected chi connectivity index (χ1v) is 11.2. The largest absolute Gasteiger partial charge is 0.322 e. The number of benzene rings is 2. The summed E-state index contributed by atoms with van der Waals surface area (Å²) in [6.45, 7) is 4.43. The Morgan fingerprint density at radius 1 is 1.10 bits per heavy atom. The number of hydrogen-bond acceptors (Lipinski definition) is 6. The number of piperazine rings is 1. The molecule has 3 rings (SSSR count). The third-order valence-corrected chi connectivity index (χ3v) is 6.88. The Kier molecular flexibility index (Phi) is 6.80. The van der Waals surface area contributed by atoms with Gasteiger partial charge in [0.25, 0.3) is 11.6 Å². The van der Waals surface area contributed by atoms with Gasteiger partial charge < -0.3 is 5.32 Å². The molecule has 1 aliphatic heterocycles. The van der Waals surface area contributed by atoms with Crippen molar-refractivity contribution in [2.24, 2.45) is 0 Å². The van der Waals surface area contributed by atoms with E-state index >= 15 is 0 Å². The molecule has 1 heterocycles. The zero-order valence-electron chi connectivity index (χ0n) is 16.7. The number of nitrogens with zero attached hydrogens (tertiary/aromatic N) is 3. The first kappa shape index (κ1) is 21.9. The number of sulfonamides is 1. The van der Waals surface area contributed by atoms with Gasteiger partial charge in [0.1, 0.15) is 0 Å². The fraction of sp³-hybridized carbons (Fsp3) is 0.350. The van der Waals surface area contributed by atoms with Crippen LogP contribution >= 0.6 is 0 Å². The van der Waals surface area contributed by atoms with E-state index in [1.807, 2.05) is 6.07 Å². The van der Waals surface area contributed by atoms with Gasteiger partial charge in [0.05, 0.1) is 10.7 Å². The predicted molar refractivity (Wildman–Crippen MR) is 114 cm³/mol. The van der Waals surface area contributed by atoms with Crippen molar-refractivity contribution in [1.29, 1.82) is 0 Å². The van der Waals surface area contributed by atoms with Crippen LogP contribution in [0.15, 0.2) is 48.5 Å². The Balaban J connectivity index is 1.62. The maximum atomic E-state index is 12.6. The van der Waals surface area contributed by atoms with Gasteiger partial charge in [-0.15, -0.1) is 0 Å². The van der Waals surface area contributed by atoms with Crippen LogP contribution in [0, 0.1) is 10.1 Å². The summed E-state index contributed by atoms with van der Waals surface area (Å²) >= 11 is 0. The summed E-state index contributed by atoms with van der Waals surface area (Å²) in [5.41, 5.74) is 1.65. The molecule has 0 radical (unpaired) electrons. The van der Waals surface area contributed by atoms with Gasteiger partial charge in [0.2, 0.25) is 10.0 Å². The second-order valence-corrected chi connectivity index (χ2v) is 9.30. The summed E-state index contributed by atoms with van der Waals surface area (Å²) in [5, 5.41) is 13.6. The number of hydrogen-bond donors (Lipinski definition) is 1. The average Bonchev–Trinajstić information content (AvgIpc) is 2.74. The van der Waals surface area contributed by atoms with Crippen LogP contribution in [0.25, 0.3) is 0 Å². The van der Waals surface area contributed by atoms with E-state index in [1.165, 1.54) is 22.5 Å². The zero-order chi connectivity index (χ0) is 21.7. The molecule has 1 amide bonds. The Morgan fingerprint density at radius 2 is 1.80 bits per heavy atom. The van der Waals surface area contributed by atoms with Crippen molar-refractivity contribution in [2.75, 3.05) is 37.2 Å². The second kappa shape index (κ2) is 9.33. The first-order chi connectivity index (χ1) is 14.3. The minimum atomic E-state index is -3.16. The van der Waals surface area contributed by atoms with Crippen molar-refractivity contribution in [2.45, 2.75) is 13.5 Å². The highest BCUT2D eigenvalue weighted by Crippen LogP contribution is 2.19. The number of carbonyl (C=O) groups excluding carboxylic acids is 1. The third kappa shape index (κ3) is 5.41. The van der Waals surface area contributed by atoms with Gasteiger partial charge in [-0.25, -0.2) is 8.42 Å². The highest BCUT2D eigenvalue weighted by atomic mass is 32.2. The molecule has 0 unspecified atom stereocenters. The second-order valence-electron chi connectivity index (χ2n) is 7.04. The SMILES string of the molecule is CCS(=O)(=O)N1CCN(Cc2cccc(C(=O)Nc3cccc([N+](=O)[O-])c3)c2)CC1. The molecule has 30 heavy (non-hydrogen) atoms. The van der Waals surface area contributed by atoms with E-state index in [0.717, 1.165) is 5.56 Å². The highest BCUT2D eigenvalue weighted by Gasteiger charge is 2.25. The number of anilines is 1. The van der Waals surface area contributed by atoms with Gasteiger partial charge >= 0.3 is 0 Å². The first-order valence-electron chi connectivity index (χ1n) is 9.63. The molecule has 0 bridgehead atoms. The van der Waals surface area contributed by atoms with Crippen LogP contribution in [0.2, 0.25) is 0 Å². The molecular weight excluding hydrogens is 408 g/mol. The molecule has 0 spiro atoms. The molecule has 1 saturated heterocycles. The summed E-state index contributed by atoms with van der Waals surface area (Å²) < 4.78 is 25.5. The van der Waals surface area contributed by atoms with Crippen molar-refractivity contribution in [3.05, 3.63) is 69.8 Å². The Morgan fingerprint density at radius 3 is 2.47 bits per heavy atom. The molecule has 10 heteroatoms. The van der Waals surface area contributed by atoms with Crippen LogP contribution in [-0.2, 0) is 16.6 Å². The van der Waals surface area contributed by atoms with Gasteiger partial charge in [-0.05, 0) is 30.7 Å². The number of non-ortho nitro benzene ring substituents is 1. The standard InChI is InChI=1S/C20H24N4O5S/c1-2-30(28,29)23-11-9-22(10-12-23)15-16-5-3-6-17(13-16)20(25)21-18-7-4-8-19(14-18)24(26)27/h3-8,13-14H,2,9-12,15H2,1H3,(H,21,25). The zero-order valence-corrected chi connectivity index (χ0v) is 17.5. The number of carbonyl (C=O) groups is 1. The maximum absolute atomic E-state index is 12.6. The summed E-state index contributed by atoms with van der Waals surface area (Å²) in [6.07, 6.45) is 0. The number of nitrogens with one attached hydrogen (secondary N) is 1. The van der Waals surface area contributed by atoms with E-state index in [9.17, 15) is 23.3 Å². The van der Waals surface area contributed by atoms with Crippen LogP contribution in [0.1, 0.15) is 22.8 Å². The summed E-state index contributed by atoms with van der Waals surface area (Å²) in [7, 11) is -3.16. The summed E-state index contributed by atoms with van der Waals surface area (Å²) in [5.74, 6) is -0.245. The van der Waals surface area contributed by atoms with Crippen LogP contribution < -0.4 is 5.32 Å². The monoisotopic (exact) mass is 432 g/mol. The molecule has 0 aromatic heterocycles. The van der Waals surface area contributed by atoms with E-state index in [4.69, 9.17) is 0 Å². The molecule has 9 nitrogen and oxygen atoms in total. The van der Waals surface area contributed by atoms with Crippen LogP contribution in [0.3, 0.4) is 0 Å². The number of amides is 1. The molecule has 0 saturated carbocycles. The van der Waals surface area contributed by atoms with Crippen LogP contribution in [0.4, 0.5) is 11.4 Å². The number of nitro benzene ring substituents is 1. The molecule has 0 atom stereocenters. The van der Waals surface area contributed by atoms with Gasteiger partial charge in [0, 0.05) is 56.1 Å². The smallest absolute Gasteiger partial charge is 0.271 e.